The Labute approximate surface area is 64.1 Å². The lowest BCUT2D eigenvalue weighted by Crippen LogP contribution is -2.22. The van der Waals surface area contributed by atoms with Crippen LogP contribution in [-0.2, 0) is 9.22 Å². The molecule has 4 heteroatoms. The molecular weight excluding hydrogens is 146 g/mol. The van der Waals surface area contributed by atoms with E-state index >= 15 is 0 Å². The SMILES string of the molecule is CNC[Si]OC(=O)C(C)C. The second-order valence-electron chi connectivity index (χ2n) is 2.25. The van der Waals surface area contributed by atoms with Crippen LogP contribution in [0.3, 0.4) is 0 Å². The van der Waals surface area contributed by atoms with Gasteiger partial charge in [0.05, 0.1) is 0 Å². The standard InChI is InChI=1S/C6H13NO2Si/c1-5(2)6(8)9-10-4-7-3/h5,7H,4H2,1-3H3. The first-order chi connectivity index (χ1) is 4.68. The van der Waals surface area contributed by atoms with Gasteiger partial charge in [0.1, 0.15) is 0 Å². The molecule has 0 heterocycles. The van der Waals surface area contributed by atoms with Crippen molar-refractivity contribution < 1.29 is 9.22 Å². The minimum absolute atomic E-state index is 0.00986. The molecule has 0 fully saturated rings. The number of hydrogen-bond acceptors (Lipinski definition) is 3. The van der Waals surface area contributed by atoms with Crippen molar-refractivity contribution in [3.63, 3.8) is 0 Å². The monoisotopic (exact) mass is 159 g/mol. The average molecular weight is 159 g/mol. The summed E-state index contributed by atoms with van der Waals surface area (Å²) in [5.74, 6) is -0.127. The van der Waals surface area contributed by atoms with Gasteiger partial charge < -0.3 is 9.74 Å². The zero-order valence-electron chi connectivity index (χ0n) is 6.60. The van der Waals surface area contributed by atoms with Gasteiger partial charge in [0, 0.05) is 12.1 Å². The summed E-state index contributed by atoms with van der Waals surface area (Å²) in [6, 6.07) is 0. The van der Waals surface area contributed by atoms with Crippen LogP contribution in [0.5, 0.6) is 0 Å². The Hall–Kier alpha value is -0.353. The first-order valence-electron chi connectivity index (χ1n) is 3.26. The lowest BCUT2D eigenvalue weighted by Gasteiger charge is -2.04. The van der Waals surface area contributed by atoms with Crippen LogP contribution in [0.4, 0.5) is 0 Å². The Morgan fingerprint density at radius 1 is 1.70 bits per heavy atom. The molecule has 0 aliphatic rings. The Balaban J connectivity index is 3.22. The minimum atomic E-state index is -0.117. The third kappa shape index (κ3) is 4.52. The summed E-state index contributed by atoms with van der Waals surface area (Å²) in [7, 11) is 2.07. The number of carbonyl (C=O) groups excluding carboxylic acids is 1. The minimum Gasteiger partial charge on any atom is -0.515 e. The van der Waals surface area contributed by atoms with Gasteiger partial charge in [-0.3, -0.25) is 4.79 Å². The van der Waals surface area contributed by atoms with Crippen LogP contribution in [0.2, 0.25) is 0 Å². The summed E-state index contributed by atoms with van der Waals surface area (Å²) < 4.78 is 4.87. The van der Waals surface area contributed by atoms with Crippen LogP contribution < -0.4 is 5.32 Å². The number of rotatable bonds is 4. The highest BCUT2D eigenvalue weighted by atomic mass is 28.2. The van der Waals surface area contributed by atoms with Crippen molar-refractivity contribution in [1.82, 2.24) is 5.32 Å². The zero-order chi connectivity index (χ0) is 7.98. The van der Waals surface area contributed by atoms with E-state index in [0.29, 0.717) is 0 Å². The van der Waals surface area contributed by atoms with E-state index in [1.54, 1.807) is 0 Å². The maximum absolute atomic E-state index is 10.8. The molecule has 0 aliphatic carbocycles. The van der Waals surface area contributed by atoms with Crippen molar-refractivity contribution >= 4 is 15.7 Å². The molecule has 0 unspecified atom stereocenters. The lowest BCUT2D eigenvalue weighted by atomic mass is 10.2. The molecule has 0 rings (SSSR count). The van der Waals surface area contributed by atoms with Crippen molar-refractivity contribution in [3.05, 3.63) is 0 Å². The highest BCUT2D eigenvalue weighted by Crippen LogP contribution is 1.93. The quantitative estimate of drug-likeness (QED) is 0.463. The summed E-state index contributed by atoms with van der Waals surface area (Å²) in [6.45, 7) is 3.65. The van der Waals surface area contributed by atoms with Crippen LogP contribution >= 0.6 is 0 Å². The molecule has 0 aromatic rings. The molecule has 0 saturated carbocycles. The summed E-state index contributed by atoms with van der Waals surface area (Å²) in [4.78, 5) is 10.8. The van der Waals surface area contributed by atoms with Gasteiger partial charge in [-0.25, -0.2) is 0 Å². The summed E-state index contributed by atoms with van der Waals surface area (Å²) in [5.41, 5.74) is 0. The van der Waals surface area contributed by atoms with Crippen LogP contribution in [0.1, 0.15) is 13.8 Å². The van der Waals surface area contributed by atoms with Crippen molar-refractivity contribution in [2.75, 3.05) is 13.2 Å². The molecule has 3 nitrogen and oxygen atoms in total. The van der Waals surface area contributed by atoms with Crippen LogP contribution in [-0.4, -0.2) is 28.9 Å². The highest BCUT2D eigenvalue weighted by molar-refractivity contribution is 6.30. The lowest BCUT2D eigenvalue weighted by molar-refractivity contribution is -0.137. The van der Waals surface area contributed by atoms with Crippen molar-refractivity contribution in [3.8, 4) is 0 Å². The molecule has 0 aliphatic heterocycles. The number of hydrogen-bond donors (Lipinski definition) is 1. The van der Waals surface area contributed by atoms with Gasteiger partial charge in [-0.2, -0.15) is 0 Å². The predicted molar refractivity (Wildman–Crippen MR) is 40.6 cm³/mol. The zero-order valence-corrected chi connectivity index (χ0v) is 7.60. The van der Waals surface area contributed by atoms with Gasteiger partial charge in [0.2, 0.25) is 0 Å². The molecule has 58 valence electrons. The fourth-order valence-corrected chi connectivity index (χ4v) is 0.892. The molecule has 0 bridgehead atoms. The fraction of sp³-hybridized carbons (Fsp3) is 0.833. The summed E-state index contributed by atoms with van der Waals surface area (Å²) >= 11 is 0. The Morgan fingerprint density at radius 2 is 2.30 bits per heavy atom. The van der Waals surface area contributed by atoms with E-state index in [2.05, 4.69) is 5.32 Å². The Morgan fingerprint density at radius 3 is 2.70 bits per heavy atom. The van der Waals surface area contributed by atoms with Crippen LogP contribution in [0.25, 0.3) is 0 Å². The third-order valence-electron chi connectivity index (χ3n) is 0.893. The van der Waals surface area contributed by atoms with Gasteiger partial charge in [0.25, 0.3) is 5.97 Å². The van der Waals surface area contributed by atoms with E-state index in [-0.39, 0.29) is 21.7 Å². The van der Waals surface area contributed by atoms with Gasteiger partial charge in [-0.1, -0.05) is 13.8 Å². The molecular formula is C6H13NO2Si. The van der Waals surface area contributed by atoms with Gasteiger partial charge >= 0.3 is 9.76 Å². The third-order valence-corrected chi connectivity index (χ3v) is 1.74. The average Bonchev–Trinajstić information content (AvgIpc) is 1.88. The first-order valence-corrected chi connectivity index (χ1v) is 4.38. The second kappa shape index (κ2) is 5.43. The predicted octanol–water partition coefficient (Wildman–Crippen LogP) is -0.0183. The molecule has 0 spiro atoms. The van der Waals surface area contributed by atoms with E-state index in [4.69, 9.17) is 4.43 Å². The van der Waals surface area contributed by atoms with Crippen molar-refractivity contribution in [2.45, 2.75) is 13.8 Å². The summed E-state index contributed by atoms with van der Waals surface area (Å²) in [6.07, 6.45) is 0.748. The molecule has 2 radical (unpaired) electrons. The topological polar surface area (TPSA) is 38.3 Å². The number of carbonyl (C=O) groups is 1. The Kier molecular flexibility index (Phi) is 5.24. The van der Waals surface area contributed by atoms with Crippen molar-refractivity contribution in [1.29, 1.82) is 0 Å². The largest absolute Gasteiger partial charge is 0.515 e. The first kappa shape index (κ1) is 9.65. The molecule has 0 amide bonds. The van der Waals surface area contributed by atoms with E-state index < -0.39 is 0 Å². The maximum atomic E-state index is 10.8. The molecule has 0 aromatic carbocycles. The maximum Gasteiger partial charge on any atom is 0.330 e. The van der Waals surface area contributed by atoms with Gasteiger partial charge in [0.15, 0.2) is 0 Å². The molecule has 0 atom stereocenters. The Bertz CT molecular complexity index is 106. The van der Waals surface area contributed by atoms with Gasteiger partial charge in [-0.05, 0) is 7.05 Å². The normalized spacial score (nSPS) is 10.0. The number of nitrogens with one attached hydrogen (secondary N) is 1. The highest BCUT2D eigenvalue weighted by Gasteiger charge is 2.07. The van der Waals surface area contributed by atoms with Gasteiger partial charge in [-0.15, -0.1) is 0 Å². The van der Waals surface area contributed by atoms with E-state index in [9.17, 15) is 4.79 Å². The molecule has 0 aromatic heterocycles. The molecule has 0 saturated heterocycles. The second-order valence-corrected chi connectivity index (χ2v) is 3.10. The smallest absolute Gasteiger partial charge is 0.330 e. The van der Waals surface area contributed by atoms with E-state index in [1.807, 2.05) is 20.9 Å². The van der Waals surface area contributed by atoms with Crippen LogP contribution in [0.15, 0.2) is 0 Å². The summed E-state index contributed by atoms with van der Waals surface area (Å²) in [5, 5.41) is 2.90. The van der Waals surface area contributed by atoms with Crippen molar-refractivity contribution in [2.24, 2.45) is 5.92 Å². The van der Waals surface area contributed by atoms with E-state index in [0.717, 1.165) is 6.17 Å². The van der Waals surface area contributed by atoms with Crippen LogP contribution in [0, 0.1) is 5.92 Å². The fourth-order valence-electron chi connectivity index (χ4n) is 0.297. The van der Waals surface area contributed by atoms with E-state index in [1.165, 1.54) is 0 Å². The molecule has 1 N–H and O–H groups in total. The molecule has 10 heavy (non-hydrogen) atoms.